The van der Waals surface area contributed by atoms with E-state index in [-0.39, 0.29) is 0 Å². The molecule has 0 N–H and O–H groups in total. The van der Waals surface area contributed by atoms with Crippen LogP contribution in [-0.2, 0) is 4.79 Å². The van der Waals surface area contributed by atoms with Gasteiger partial charge in [-0.1, -0.05) is 37.5 Å². The maximum Gasteiger partial charge on any atom is 0.121 e. The average Bonchev–Trinajstić information content (AvgIpc) is 2.91. The van der Waals surface area contributed by atoms with Crippen LogP contribution in [0.2, 0.25) is 0 Å². The van der Waals surface area contributed by atoms with Crippen LogP contribution in [0.5, 0.6) is 0 Å². The molecule has 0 aromatic heterocycles. The normalized spacial score (nSPS) is 23.6. The molecule has 2 heteroatoms. The second kappa shape index (κ2) is 8.22. The van der Waals surface area contributed by atoms with Gasteiger partial charge in [0.2, 0.25) is 0 Å². The van der Waals surface area contributed by atoms with Gasteiger partial charge in [-0.15, -0.1) is 6.58 Å². The third kappa shape index (κ3) is 4.74. The van der Waals surface area contributed by atoms with Crippen molar-refractivity contribution in [1.82, 2.24) is 0 Å². The second-order valence-corrected chi connectivity index (χ2v) is 8.55. The summed E-state index contributed by atoms with van der Waals surface area (Å²) in [6.07, 6.45) is 18.3. The molecule has 0 aromatic carbocycles. The van der Waals surface area contributed by atoms with Gasteiger partial charge in [0.15, 0.2) is 0 Å². The molecule has 1 fully saturated rings. The fraction of sp³-hybridized carbons (Fsp3) is 0.737. The Morgan fingerprint density at radius 3 is 2.81 bits per heavy atom. The molecule has 1 nitrogen and oxygen atoms in total. The Balaban J connectivity index is 2.02. The molecule has 21 heavy (non-hydrogen) atoms. The van der Waals surface area contributed by atoms with Crippen molar-refractivity contribution in [3.63, 3.8) is 0 Å². The predicted octanol–water partition coefficient (Wildman–Crippen LogP) is 5.70. The van der Waals surface area contributed by atoms with Crippen molar-refractivity contribution in [1.29, 1.82) is 0 Å². The van der Waals surface area contributed by atoms with Crippen LogP contribution in [0.25, 0.3) is 0 Å². The molecule has 2 atom stereocenters. The maximum atomic E-state index is 10.7. The lowest BCUT2D eigenvalue weighted by molar-refractivity contribution is -0.107. The highest BCUT2D eigenvalue weighted by molar-refractivity contribution is 8.00. The van der Waals surface area contributed by atoms with Crippen LogP contribution in [0, 0.1) is 5.41 Å². The Morgan fingerprint density at radius 1 is 1.38 bits per heavy atom. The predicted molar refractivity (Wildman–Crippen MR) is 93.8 cm³/mol. The topological polar surface area (TPSA) is 17.1 Å². The minimum absolute atomic E-state index is 0.430. The molecule has 2 aliphatic rings. The van der Waals surface area contributed by atoms with E-state index in [2.05, 4.69) is 19.6 Å². The highest BCUT2D eigenvalue weighted by Crippen LogP contribution is 2.51. The van der Waals surface area contributed by atoms with E-state index in [4.69, 9.17) is 0 Å². The molecule has 1 saturated carbocycles. The average molecular weight is 307 g/mol. The van der Waals surface area contributed by atoms with Crippen molar-refractivity contribution in [3.8, 4) is 0 Å². The van der Waals surface area contributed by atoms with Crippen molar-refractivity contribution in [2.24, 2.45) is 5.41 Å². The number of aldehydes is 1. The fourth-order valence-corrected chi connectivity index (χ4v) is 5.41. The van der Waals surface area contributed by atoms with Crippen LogP contribution in [0.1, 0.15) is 71.1 Å². The van der Waals surface area contributed by atoms with Gasteiger partial charge < -0.3 is 4.79 Å². The molecule has 1 spiro atoms. The Kier molecular flexibility index (Phi) is 6.60. The first-order valence-electron chi connectivity index (χ1n) is 8.58. The van der Waals surface area contributed by atoms with Gasteiger partial charge in [0.1, 0.15) is 6.29 Å². The number of hydrogen-bond acceptors (Lipinski definition) is 2. The summed E-state index contributed by atoms with van der Waals surface area (Å²) in [5.74, 6) is 0. The molecule has 0 aromatic rings. The van der Waals surface area contributed by atoms with E-state index >= 15 is 0 Å². The number of thioether (sulfide) groups is 1. The van der Waals surface area contributed by atoms with Crippen LogP contribution < -0.4 is 0 Å². The Hall–Kier alpha value is -0.500. The number of carbonyl (C=O) groups is 1. The lowest BCUT2D eigenvalue weighted by Crippen LogP contribution is -2.25. The summed E-state index contributed by atoms with van der Waals surface area (Å²) < 4.78 is 0. The van der Waals surface area contributed by atoms with Gasteiger partial charge in [0.05, 0.1) is 0 Å². The monoisotopic (exact) mass is 306 g/mol. The molecule has 0 aliphatic heterocycles. The van der Waals surface area contributed by atoms with E-state index in [9.17, 15) is 4.79 Å². The van der Waals surface area contributed by atoms with Gasteiger partial charge >= 0.3 is 0 Å². The lowest BCUT2D eigenvalue weighted by atomic mass is 9.72. The van der Waals surface area contributed by atoms with E-state index in [1.165, 1.54) is 51.4 Å². The van der Waals surface area contributed by atoms with E-state index in [0.717, 1.165) is 12.7 Å². The molecule has 2 aliphatic carbocycles. The zero-order valence-electron chi connectivity index (χ0n) is 13.5. The van der Waals surface area contributed by atoms with Crippen LogP contribution in [0.15, 0.2) is 24.3 Å². The Labute approximate surface area is 134 Å². The molecule has 0 saturated heterocycles. The summed E-state index contributed by atoms with van der Waals surface area (Å²) in [6, 6.07) is 0. The molecule has 0 bridgehead atoms. The second-order valence-electron chi connectivity index (χ2n) is 6.91. The lowest BCUT2D eigenvalue weighted by Gasteiger charge is -2.36. The Morgan fingerprint density at radius 2 is 2.14 bits per heavy atom. The van der Waals surface area contributed by atoms with Crippen molar-refractivity contribution in [2.75, 3.05) is 0 Å². The van der Waals surface area contributed by atoms with Crippen molar-refractivity contribution in [3.05, 3.63) is 24.3 Å². The van der Waals surface area contributed by atoms with Crippen LogP contribution in [-0.4, -0.2) is 16.8 Å². The van der Waals surface area contributed by atoms with Gasteiger partial charge in [-0.05, 0) is 50.4 Å². The smallest absolute Gasteiger partial charge is 0.121 e. The highest BCUT2D eigenvalue weighted by Gasteiger charge is 2.37. The summed E-state index contributed by atoms with van der Waals surface area (Å²) in [4.78, 5) is 10.7. The number of carbonyl (C=O) groups excluding carboxylic acids is 1. The summed E-state index contributed by atoms with van der Waals surface area (Å²) in [5.41, 5.74) is 2.30. The molecule has 118 valence electrons. The molecule has 2 unspecified atom stereocenters. The van der Waals surface area contributed by atoms with Crippen molar-refractivity contribution >= 4 is 18.0 Å². The highest BCUT2D eigenvalue weighted by atomic mass is 32.2. The molecular weight excluding hydrogens is 276 g/mol. The fourth-order valence-electron chi connectivity index (χ4n) is 4.04. The zero-order chi connectivity index (χ0) is 15.1. The Bertz CT molecular complexity index is 379. The van der Waals surface area contributed by atoms with Gasteiger partial charge in [-0.2, -0.15) is 11.8 Å². The van der Waals surface area contributed by atoms with Gasteiger partial charge in [-0.3, -0.25) is 0 Å². The molecule has 0 radical (unpaired) electrons. The molecule has 0 heterocycles. The summed E-state index contributed by atoms with van der Waals surface area (Å²) in [7, 11) is 0. The molecule has 0 amide bonds. The third-order valence-electron chi connectivity index (χ3n) is 5.20. The minimum Gasteiger partial charge on any atom is -0.303 e. The standard InChI is InChI=1S/C19H30OS/c1-3-4-9-18(21-16(2)10-14-20)17-8-7-13-19(15-17)11-5-6-12-19/h3,8,14,16,18H,1,4-7,9-13,15H2,2H3. The SMILES string of the molecule is C=CCCC(SC(C)CC=O)C1=CCCC2(CCCC2)C1. The molecular formula is C19H30OS. The number of rotatable bonds is 8. The first-order chi connectivity index (χ1) is 10.2. The van der Waals surface area contributed by atoms with E-state index < -0.39 is 0 Å². The van der Waals surface area contributed by atoms with Crippen molar-refractivity contribution in [2.45, 2.75) is 81.6 Å². The third-order valence-corrected chi connectivity index (χ3v) is 6.72. The van der Waals surface area contributed by atoms with Gasteiger partial charge in [-0.25, -0.2) is 0 Å². The largest absolute Gasteiger partial charge is 0.303 e. The number of hydrogen-bond donors (Lipinski definition) is 0. The van der Waals surface area contributed by atoms with Crippen LogP contribution in [0.4, 0.5) is 0 Å². The van der Waals surface area contributed by atoms with Crippen molar-refractivity contribution < 1.29 is 4.79 Å². The van der Waals surface area contributed by atoms with E-state index in [1.807, 2.05) is 17.8 Å². The maximum absolute atomic E-state index is 10.7. The molecule has 2 rings (SSSR count). The summed E-state index contributed by atoms with van der Waals surface area (Å²) in [6.45, 7) is 6.07. The van der Waals surface area contributed by atoms with Crippen LogP contribution in [0.3, 0.4) is 0 Å². The van der Waals surface area contributed by atoms with Gasteiger partial charge in [0, 0.05) is 16.9 Å². The van der Waals surface area contributed by atoms with Crippen LogP contribution >= 0.6 is 11.8 Å². The van der Waals surface area contributed by atoms with Gasteiger partial charge in [0.25, 0.3) is 0 Å². The zero-order valence-corrected chi connectivity index (χ0v) is 14.3. The summed E-state index contributed by atoms with van der Waals surface area (Å²) in [5, 5.41) is 1.02. The quantitative estimate of drug-likeness (QED) is 0.422. The first-order valence-corrected chi connectivity index (χ1v) is 9.52. The van der Waals surface area contributed by atoms with E-state index in [1.54, 1.807) is 5.57 Å². The number of allylic oxidation sites excluding steroid dienone is 2. The van der Waals surface area contributed by atoms with E-state index in [0.29, 0.717) is 22.3 Å². The minimum atomic E-state index is 0.430. The summed E-state index contributed by atoms with van der Waals surface area (Å²) >= 11 is 2.01. The first kappa shape index (κ1) is 16.9.